The zero-order valence-electron chi connectivity index (χ0n) is 12.1. The fraction of sp³-hybridized carbons (Fsp3) is 0.375. The molecule has 0 aliphatic heterocycles. The van der Waals surface area contributed by atoms with Crippen LogP contribution in [0.4, 0.5) is 5.82 Å². The maximum atomic E-state index is 4.67. The van der Waals surface area contributed by atoms with E-state index in [0.29, 0.717) is 5.92 Å². The summed E-state index contributed by atoms with van der Waals surface area (Å²) in [5.74, 6) is 2.18. The molecule has 0 saturated carbocycles. The first-order valence-electron chi connectivity index (χ1n) is 6.70. The number of benzene rings is 1. The summed E-state index contributed by atoms with van der Waals surface area (Å²) < 4.78 is 0. The van der Waals surface area contributed by atoms with Crippen LogP contribution in [0.5, 0.6) is 0 Å². The highest BCUT2D eigenvalue weighted by atomic mass is 15.0. The standard InChI is InChI=1S/C16H21N3/c1-11(2)14-10-15(17-4)19-16(18-14)9-13-8-6-5-7-12(13)3/h5-8,10-11H,9H2,1-4H3,(H,17,18,19). The Labute approximate surface area is 115 Å². The van der Waals surface area contributed by atoms with Gasteiger partial charge in [-0.05, 0) is 24.0 Å². The minimum atomic E-state index is 0.408. The van der Waals surface area contributed by atoms with Gasteiger partial charge in [0.2, 0.25) is 0 Å². The van der Waals surface area contributed by atoms with E-state index in [2.05, 4.69) is 60.3 Å². The van der Waals surface area contributed by atoms with Gasteiger partial charge >= 0.3 is 0 Å². The number of aryl methyl sites for hydroxylation is 1. The molecular formula is C16H21N3. The minimum Gasteiger partial charge on any atom is -0.373 e. The zero-order chi connectivity index (χ0) is 13.8. The zero-order valence-corrected chi connectivity index (χ0v) is 12.1. The van der Waals surface area contributed by atoms with Gasteiger partial charge in [-0.25, -0.2) is 9.97 Å². The molecule has 1 heterocycles. The van der Waals surface area contributed by atoms with Crippen molar-refractivity contribution >= 4 is 5.82 Å². The summed E-state index contributed by atoms with van der Waals surface area (Å²) in [4.78, 5) is 9.21. The van der Waals surface area contributed by atoms with E-state index in [9.17, 15) is 0 Å². The van der Waals surface area contributed by atoms with Gasteiger partial charge in [0.05, 0.1) is 0 Å². The Morgan fingerprint density at radius 1 is 1.16 bits per heavy atom. The van der Waals surface area contributed by atoms with E-state index in [1.807, 2.05) is 13.1 Å². The summed E-state index contributed by atoms with van der Waals surface area (Å²) in [6.45, 7) is 6.43. The molecule has 2 aromatic rings. The number of rotatable bonds is 4. The molecule has 1 N–H and O–H groups in total. The predicted molar refractivity (Wildman–Crippen MR) is 79.7 cm³/mol. The fourth-order valence-electron chi connectivity index (χ4n) is 2.00. The molecule has 3 nitrogen and oxygen atoms in total. The van der Waals surface area contributed by atoms with Gasteiger partial charge in [-0.1, -0.05) is 38.1 Å². The lowest BCUT2D eigenvalue weighted by Gasteiger charge is -2.11. The van der Waals surface area contributed by atoms with Gasteiger partial charge in [0, 0.05) is 25.2 Å². The molecule has 0 radical (unpaired) electrons. The number of nitrogens with zero attached hydrogens (tertiary/aromatic N) is 2. The molecule has 1 aromatic carbocycles. The third-order valence-electron chi connectivity index (χ3n) is 3.25. The van der Waals surface area contributed by atoms with Gasteiger partial charge in [-0.15, -0.1) is 0 Å². The van der Waals surface area contributed by atoms with Crippen molar-refractivity contribution in [1.29, 1.82) is 0 Å². The highest BCUT2D eigenvalue weighted by Crippen LogP contribution is 2.18. The SMILES string of the molecule is CNc1cc(C(C)C)nc(Cc2ccccc2C)n1. The Morgan fingerprint density at radius 3 is 2.53 bits per heavy atom. The molecule has 0 aliphatic rings. The lowest BCUT2D eigenvalue weighted by atomic mass is 10.1. The van der Waals surface area contributed by atoms with E-state index >= 15 is 0 Å². The second-order valence-electron chi connectivity index (χ2n) is 5.10. The molecule has 3 heteroatoms. The first-order valence-corrected chi connectivity index (χ1v) is 6.70. The van der Waals surface area contributed by atoms with Crippen molar-refractivity contribution in [3.8, 4) is 0 Å². The van der Waals surface area contributed by atoms with Gasteiger partial charge in [-0.2, -0.15) is 0 Å². The van der Waals surface area contributed by atoms with Gasteiger partial charge < -0.3 is 5.32 Å². The lowest BCUT2D eigenvalue weighted by molar-refractivity contribution is 0.792. The molecule has 0 aliphatic carbocycles. The Balaban J connectivity index is 2.34. The normalized spacial score (nSPS) is 10.8. The molecule has 0 saturated heterocycles. The third kappa shape index (κ3) is 3.31. The van der Waals surface area contributed by atoms with Crippen LogP contribution in [0.25, 0.3) is 0 Å². The van der Waals surface area contributed by atoms with Crippen molar-refractivity contribution in [2.75, 3.05) is 12.4 Å². The smallest absolute Gasteiger partial charge is 0.135 e. The second kappa shape index (κ2) is 5.83. The summed E-state index contributed by atoms with van der Waals surface area (Å²) in [6.07, 6.45) is 0.780. The number of aromatic nitrogens is 2. The van der Waals surface area contributed by atoms with Crippen molar-refractivity contribution < 1.29 is 0 Å². The highest BCUT2D eigenvalue weighted by molar-refractivity contribution is 5.37. The van der Waals surface area contributed by atoms with Crippen molar-refractivity contribution in [1.82, 2.24) is 9.97 Å². The number of nitrogens with one attached hydrogen (secondary N) is 1. The van der Waals surface area contributed by atoms with E-state index in [-0.39, 0.29) is 0 Å². The Kier molecular flexibility index (Phi) is 4.15. The lowest BCUT2D eigenvalue weighted by Crippen LogP contribution is -2.06. The van der Waals surface area contributed by atoms with Gasteiger partial charge in [0.25, 0.3) is 0 Å². The van der Waals surface area contributed by atoms with Crippen LogP contribution in [0.2, 0.25) is 0 Å². The molecule has 1 aromatic heterocycles. The van der Waals surface area contributed by atoms with Gasteiger partial charge in [-0.3, -0.25) is 0 Å². The first-order chi connectivity index (χ1) is 9.10. The molecule has 0 unspecified atom stereocenters. The molecule has 0 bridgehead atoms. The topological polar surface area (TPSA) is 37.8 Å². The van der Waals surface area contributed by atoms with Crippen LogP contribution in [0.15, 0.2) is 30.3 Å². The average molecular weight is 255 g/mol. The maximum Gasteiger partial charge on any atom is 0.135 e. The second-order valence-corrected chi connectivity index (χ2v) is 5.10. The molecule has 19 heavy (non-hydrogen) atoms. The highest BCUT2D eigenvalue weighted by Gasteiger charge is 2.08. The van der Waals surface area contributed by atoms with Gasteiger partial charge in [0.15, 0.2) is 0 Å². The molecule has 0 fully saturated rings. The van der Waals surface area contributed by atoms with Gasteiger partial charge in [0.1, 0.15) is 11.6 Å². The van der Waals surface area contributed by atoms with Crippen molar-refractivity contribution in [2.45, 2.75) is 33.1 Å². The fourth-order valence-corrected chi connectivity index (χ4v) is 2.00. The van der Waals surface area contributed by atoms with E-state index < -0.39 is 0 Å². The number of hydrogen-bond donors (Lipinski definition) is 1. The molecule has 0 spiro atoms. The first kappa shape index (κ1) is 13.5. The summed E-state index contributed by atoms with van der Waals surface area (Å²) in [7, 11) is 1.89. The van der Waals surface area contributed by atoms with Crippen molar-refractivity contribution in [3.05, 3.63) is 53.0 Å². The van der Waals surface area contributed by atoms with E-state index in [1.165, 1.54) is 11.1 Å². The van der Waals surface area contributed by atoms with Crippen molar-refractivity contribution in [3.63, 3.8) is 0 Å². The minimum absolute atomic E-state index is 0.408. The van der Waals surface area contributed by atoms with E-state index in [0.717, 1.165) is 23.8 Å². The number of anilines is 1. The Morgan fingerprint density at radius 2 is 1.89 bits per heavy atom. The summed E-state index contributed by atoms with van der Waals surface area (Å²) in [5.41, 5.74) is 3.65. The van der Waals surface area contributed by atoms with Crippen LogP contribution in [-0.4, -0.2) is 17.0 Å². The quantitative estimate of drug-likeness (QED) is 0.908. The third-order valence-corrected chi connectivity index (χ3v) is 3.25. The van der Waals surface area contributed by atoms with Crippen molar-refractivity contribution in [2.24, 2.45) is 0 Å². The molecule has 100 valence electrons. The molecule has 0 atom stereocenters. The Bertz CT molecular complexity index is 562. The van der Waals surface area contributed by atoms with Crippen LogP contribution >= 0.6 is 0 Å². The van der Waals surface area contributed by atoms with Crippen LogP contribution in [-0.2, 0) is 6.42 Å². The molecule has 2 rings (SSSR count). The van der Waals surface area contributed by atoms with Crippen LogP contribution in [0.3, 0.4) is 0 Å². The maximum absolute atomic E-state index is 4.67. The summed E-state index contributed by atoms with van der Waals surface area (Å²) >= 11 is 0. The predicted octanol–water partition coefficient (Wildman–Crippen LogP) is 3.54. The van der Waals surface area contributed by atoms with E-state index in [1.54, 1.807) is 0 Å². The number of hydrogen-bond acceptors (Lipinski definition) is 3. The van der Waals surface area contributed by atoms with Crippen LogP contribution < -0.4 is 5.32 Å². The average Bonchev–Trinajstić information content (AvgIpc) is 2.41. The Hall–Kier alpha value is -1.90. The monoisotopic (exact) mass is 255 g/mol. The molecule has 0 amide bonds. The largest absolute Gasteiger partial charge is 0.373 e. The van der Waals surface area contributed by atoms with E-state index in [4.69, 9.17) is 0 Å². The summed E-state index contributed by atoms with van der Waals surface area (Å²) in [6, 6.07) is 10.4. The summed E-state index contributed by atoms with van der Waals surface area (Å²) in [5, 5.41) is 3.11. The van der Waals surface area contributed by atoms with Crippen LogP contribution in [0, 0.1) is 6.92 Å². The molecular weight excluding hydrogens is 234 g/mol. The van der Waals surface area contributed by atoms with Crippen LogP contribution in [0.1, 0.15) is 42.4 Å².